The van der Waals surface area contributed by atoms with Crippen LogP contribution in [-0.4, -0.2) is 33.9 Å². The van der Waals surface area contributed by atoms with Crippen LogP contribution >= 0.6 is 0 Å². The SMILES string of the molecule is COBNC1CCNCC1. The lowest BCUT2D eigenvalue weighted by Crippen LogP contribution is -2.41. The summed E-state index contributed by atoms with van der Waals surface area (Å²) < 4.78 is 4.91. The van der Waals surface area contributed by atoms with E-state index < -0.39 is 0 Å². The summed E-state index contributed by atoms with van der Waals surface area (Å²) in [6.45, 7) is 2.28. The van der Waals surface area contributed by atoms with Crippen LogP contribution in [0.2, 0.25) is 0 Å². The van der Waals surface area contributed by atoms with E-state index in [-0.39, 0.29) is 0 Å². The summed E-state index contributed by atoms with van der Waals surface area (Å²) in [7, 11) is 2.40. The first-order valence-electron chi connectivity index (χ1n) is 3.86. The van der Waals surface area contributed by atoms with Crippen LogP contribution in [0.3, 0.4) is 0 Å². The highest BCUT2D eigenvalue weighted by molar-refractivity contribution is 6.23. The van der Waals surface area contributed by atoms with E-state index in [1.165, 1.54) is 12.8 Å². The van der Waals surface area contributed by atoms with Gasteiger partial charge in [-0.1, -0.05) is 0 Å². The van der Waals surface area contributed by atoms with Gasteiger partial charge in [-0.25, -0.2) is 0 Å². The fourth-order valence-corrected chi connectivity index (χ4v) is 1.23. The molecule has 1 fully saturated rings. The molecule has 1 aliphatic rings. The molecule has 58 valence electrons. The quantitative estimate of drug-likeness (QED) is 0.508. The summed E-state index contributed by atoms with van der Waals surface area (Å²) in [6, 6.07) is 0.668. The third-order valence-electron chi connectivity index (χ3n) is 1.86. The van der Waals surface area contributed by atoms with Crippen molar-refractivity contribution < 1.29 is 4.65 Å². The number of rotatable bonds is 3. The van der Waals surface area contributed by atoms with Crippen molar-refractivity contribution in [3.05, 3.63) is 0 Å². The third kappa shape index (κ3) is 2.69. The summed E-state index contributed by atoms with van der Waals surface area (Å²) in [5.74, 6) is 0. The van der Waals surface area contributed by atoms with Crippen molar-refractivity contribution in [1.29, 1.82) is 0 Å². The molecule has 1 aliphatic heterocycles. The zero-order chi connectivity index (χ0) is 7.23. The Morgan fingerprint density at radius 1 is 1.50 bits per heavy atom. The summed E-state index contributed by atoms with van der Waals surface area (Å²) in [4.78, 5) is 0. The Morgan fingerprint density at radius 3 is 2.80 bits per heavy atom. The first-order chi connectivity index (χ1) is 4.93. The molecule has 0 atom stereocenters. The molecule has 0 unspecified atom stereocenters. The number of hydrogen-bond acceptors (Lipinski definition) is 3. The van der Waals surface area contributed by atoms with Crippen LogP contribution in [0.4, 0.5) is 0 Å². The summed E-state index contributed by atoms with van der Waals surface area (Å²) in [6.07, 6.45) is 2.45. The van der Waals surface area contributed by atoms with Gasteiger partial charge in [-0.15, -0.1) is 0 Å². The monoisotopic (exact) mass is 142 g/mol. The van der Waals surface area contributed by atoms with Crippen LogP contribution in [0.25, 0.3) is 0 Å². The molecule has 0 saturated carbocycles. The molecule has 1 heterocycles. The minimum absolute atomic E-state index is 0.668. The van der Waals surface area contributed by atoms with Crippen molar-refractivity contribution in [1.82, 2.24) is 10.5 Å². The van der Waals surface area contributed by atoms with Gasteiger partial charge < -0.3 is 15.2 Å². The normalized spacial score (nSPS) is 20.9. The van der Waals surface area contributed by atoms with Crippen molar-refractivity contribution >= 4 is 7.62 Å². The lowest BCUT2D eigenvalue weighted by Gasteiger charge is -2.22. The first kappa shape index (κ1) is 8.05. The van der Waals surface area contributed by atoms with E-state index in [1.54, 1.807) is 7.11 Å². The maximum absolute atomic E-state index is 4.91. The summed E-state index contributed by atoms with van der Waals surface area (Å²) in [5.41, 5.74) is 0. The molecule has 3 nitrogen and oxygen atoms in total. The predicted octanol–water partition coefficient (Wildman–Crippen LogP) is -0.759. The Hall–Kier alpha value is -0.0551. The molecule has 0 aromatic heterocycles. The Morgan fingerprint density at radius 2 is 2.20 bits per heavy atom. The molecule has 4 heteroatoms. The van der Waals surface area contributed by atoms with E-state index in [9.17, 15) is 0 Å². The average molecular weight is 142 g/mol. The number of piperidine rings is 1. The van der Waals surface area contributed by atoms with E-state index in [2.05, 4.69) is 10.5 Å². The van der Waals surface area contributed by atoms with Crippen molar-refractivity contribution in [2.45, 2.75) is 18.9 Å². The van der Waals surface area contributed by atoms with Crippen LogP contribution in [0.5, 0.6) is 0 Å². The molecule has 0 aromatic carbocycles. The lowest BCUT2D eigenvalue weighted by molar-refractivity contribution is 0.387. The zero-order valence-electron chi connectivity index (χ0n) is 6.52. The highest BCUT2D eigenvalue weighted by Gasteiger charge is 2.11. The van der Waals surface area contributed by atoms with Crippen LogP contribution < -0.4 is 10.5 Å². The number of nitrogens with one attached hydrogen (secondary N) is 2. The maximum atomic E-state index is 4.91. The van der Waals surface area contributed by atoms with Crippen molar-refractivity contribution in [3.8, 4) is 0 Å². The van der Waals surface area contributed by atoms with Gasteiger partial charge in [0.2, 0.25) is 0 Å². The average Bonchev–Trinajstić information content (AvgIpc) is 2.03. The molecule has 0 bridgehead atoms. The second-order valence-electron chi connectivity index (χ2n) is 2.66. The second kappa shape index (κ2) is 4.71. The molecule has 10 heavy (non-hydrogen) atoms. The molecule has 0 aromatic rings. The van der Waals surface area contributed by atoms with Crippen LogP contribution in [0, 0.1) is 0 Å². The largest absolute Gasteiger partial charge is 0.427 e. The van der Waals surface area contributed by atoms with Gasteiger partial charge in [-0.3, -0.25) is 0 Å². The van der Waals surface area contributed by atoms with E-state index in [0.717, 1.165) is 13.1 Å². The fraction of sp³-hybridized carbons (Fsp3) is 1.00. The van der Waals surface area contributed by atoms with Gasteiger partial charge in [0.05, 0.1) is 0 Å². The van der Waals surface area contributed by atoms with Gasteiger partial charge in [-0.2, -0.15) is 0 Å². The van der Waals surface area contributed by atoms with E-state index in [0.29, 0.717) is 13.7 Å². The molecule has 0 aliphatic carbocycles. The highest BCUT2D eigenvalue weighted by atomic mass is 16.4. The maximum Gasteiger partial charge on any atom is 0.360 e. The first-order valence-corrected chi connectivity index (χ1v) is 3.86. The second-order valence-corrected chi connectivity index (χ2v) is 2.66. The van der Waals surface area contributed by atoms with E-state index in [4.69, 9.17) is 4.65 Å². The fourth-order valence-electron chi connectivity index (χ4n) is 1.23. The van der Waals surface area contributed by atoms with Gasteiger partial charge in [0.1, 0.15) is 0 Å². The molecule has 2 N–H and O–H groups in total. The minimum Gasteiger partial charge on any atom is -0.427 e. The molecular weight excluding hydrogens is 127 g/mol. The van der Waals surface area contributed by atoms with E-state index in [1.807, 2.05) is 0 Å². The van der Waals surface area contributed by atoms with Crippen LogP contribution in [-0.2, 0) is 4.65 Å². The molecule has 0 amide bonds. The molecule has 1 saturated heterocycles. The van der Waals surface area contributed by atoms with Gasteiger partial charge in [0.25, 0.3) is 0 Å². The van der Waals surface area contributed by atoms with E-state index >= 15 is 0 Å². The summed E-state index contributed by atoms with van der Waals surface area (Å²) >= 11 is 0. The smallest absolute Gasteiger partial charge is 0.360 e. The van der Waals surface area contributed by atoms with Crippen molar-refractivity contribution in [2.75, 3.05) is 20.2 Å². The van der Waals surface area contributed by atoms with Crippen molar-refractivity contribution in [2.24, 2.45) is 0 Å². The van der Waals surface area contributed by atoms with Crippen LogP contribution in [0.1, 0.15) is 12.8 Å². The Balaban J connectivity index is 2.02. The Bertz CT molecular complexity index is 85.8. The Kier molecular flexibility index (Phi) is 3.79. The summed E-state index contributed by atoms with van der Waals surface area (Å²) in [5, 5.41) is 6.62. The number of hydrogen-bond donors (Lipinski definition) is 2. The zero-order valence-corrected chi connectivity index (χ0v) is 6.52. The minimum atomic E-state index is 0.668. The van der Waals surface area contributed by atoms with Gasteiger partial charge in [0, 0.05) is 13.2 Å². The predicted molar refractivity (Wildman–Crippen MR) is 43.2 cm³/mol. The van der Waals surface area contributed by atoms with Gasteiger partial charge in [-0.05, 0) is 25.9 Å². The molecule has 0 spiro atoms. The van der Waals surface area contributed by atoms with Gasteiger partial charge >= 0.3 is 7.62 Å². The molecule has 1 rings (SSSR count). The lowest BCUT2D eigenvalue weighted by atomic mass is 10.0. The topological polar surface area (TPSA) is 33.3 Å². The van der Waals surface area contributed by atoms with Crippen LogP contribution in [0.15, 0.2) is 0 Å². The highest BCUT2D eigenvalue weighted by Crippen LogP contribution is 2.00. The standard InChI is InChI=1S/C6H15BN2O/c1-10-7-9-6-2-4-8-5-3-6/h6-9H,2-5H2,1H3. The van der Waals surface area contributed by atoms with Gasteiger partial charge in [0.15, 0.2) is 0 Å². The Labute approximate surface area is 62.8 Å². The third-order valence-corrected chi connectivity index (χ3v) is 1.86. The van der Waals surface area contributed by atoms with Crippen molar-refractivity contribution in [3.63, 3.8) is 0 Å². The molecule has 0 radical (unpaired) electrons. The molecular formula is C6H15BN2O.